The van der Waals surface area contributed by atoms with Gasteiger partial charge < -0.3 is 14.2 Å². The quantitative estimate of drug-likeness (QED) is 0.324. The van der Waals surface area contributed by atoms with Crippen LogP contribution in [-0.2, 0) is 14.2 Å². The average Bonchev–Trinajstić information content (AvgIpc) is 2.96. The van der Waals surface area contributed by atoms with E-state index >= 15 is 0 Å². The minimum Gasteiger partial charge on any atom is -0.429 e. The lowest BCUT2D eigenvalue weighted by atomic mass is 10.2. The predicted molar refractivity (Wildman–Crippen MR) is 103 cm³/mol. The number of hydrogen-bond donors (Lipinski definition) is 1. The zero-order valence-corrected chi connectivity index (χ0v) is 16.2. The van der Waals surface area contributed by atoms with Gasteiger partial charge in [0.05, 0.1) is 10.5 Å². The topological polar surface area (TPSA) is 99.9 Å². The van der Waals surface area contributed by atoms with Crippen molar-refractivity contribution in [3.8, 4) is 0 Å². The Balaban J connectivity index is 1.61. The Morgan fingerprint density at radius 2 is 1.86 bits per heavy atom. The molecule has 8 nitrogen and oxygen atoms in total. The number of rotatable bonds is 7. The monoisotopic (exact) mass is 404 g/mol. The van der Waals surface area contributed by atoms with Crippen molar-refractivity contribution >= 4 is 23.6 Å². The van der Waals surface area contributed by atoms with Crippen molar-refractivity contribution < 1.29 is 23.9 Å². The van der Waals surface area contributed by atoms with Gasteiger partial charge in [-0.25, -0.2) is 4.79 Å². The first-order chi connectivity index (χ1) is 13.4. The third-order valence-corrected chi connectivity index (χ3v) is 4.78. The van der Waals surface area contributed by atoms with Gasteiger partial charge in [0.15, 0.2) is 5.79 Å². The standard InChI is InChI=1S/C19H20N2O6S/c1-19(2)26-15(12-20-28-16-11-7-6-10-14(16)21(23)24)18(27-19)25-17(22)13-8-4-3-5-9-13/h3-11,15,18,20H,12H2,1-2H3/t15?,18-/m1/s1. The highest BCUT2D eigenvalue weighted by atomic mass is 32.2. The van der Waals surface area contributed by atoms with E-state index in [0.717, 1.165) is 11.9 Å². The molecule has 2 atom stereocenters. The van der Waals surface area contributed by atoms with E-state index in [2.05, 4.69) is 4.72 Å². The normalized spacial score (nSPS) is 20.6. The maximum absolute atomic E-state index is 12.3. The maximum Gasteiger partial charge on any atom is 0.340 e. The van der Waals surface area contributed by atoms with Crippen LogP contribution in [0.5, 0.6) is 0 Å². The first-order valence-corrected chi connectivity index (χ1v) is 9.42. The Labute approximate surface area is 166 Å². The van der Waals surface area contributed by atoms with Gasteiger partial charge in [0.1, 0.15) is 11.0 Å². The summed E-state index contributed by atoms with van der Waals surface area (Å²) in [5.41, 5.74) is 0.424. The van der Waals surface area contributed by atoms with Crippen molar-refractivity contribution in [3.63, 3.8) is 0 Å². The molecule has 148 valence electrons. The number of para-hydroxylation sites is 1. The smallest absolute Gasteiger partial charge is 0.340 e. The van der Waals surface area contributed by atoms with Gasteiger partial charge >= 0.3 is 5.97 Å². The molecule has 9 heteroatoms. The van der Waals surface area contributed by atoms with Gasteiger partial charge in [-0.05, 0) is 44.0 Å². The largest absolute Gasteiger partial charge is 0.429 e. The van der Waals surface area contributed by atoms with Gasteiger partial charge in [-0.3, -0.25) is 14.8 Å². The molecular formula is C19H20N2O6S. The van der Waals surface area contributed by atoms with Crippen LogP contribution in [0.2, 0.25) is 0 Å². The van der Waals surface area contributed by atoms with Gasteiger partial charge in [0.2, 0.25) is 6.29 Å². The molecule has 1 saturated heterocycles. The summed E-state index contributed by atoms with van der Waals surface area (Å²) in [6, 6.07) is 15.0. The van der Waals surface area contributed by atoms with Gasteiger partial charge in [0, 0.05) is 12.6 Å². The molecule has 0 aliphatic carbocycles. The van der Waals surface area contributed by atoms with Gasteiger partial charge in [-0.1, -0.05) is 30.3 Å². The fraction of sp³-hybridized carbons (Fsp3) is 0.316. The van der Waals surface area contributed by atoms with Gasteiger partial charge in [0.25, 0.3) is 5.69 Å². The summed E-state index contributed by atoms with van der Waals surface area (Å²) in [6.45, 7) is 3.71. The Hall–Kier alpha value is -2.46. The van der Waals surface area contributed by atoms with Crippen LogP contribution in [0.1, 0.15) is 24.2 Å². The first-order valence-electron chi connectivity index (χ1n) is 8.60. The number of carbonyl (C=O) groups excluding carboxylic acids is 1. The molecule has 1 aliphatic rings. The highest BCUT2D eigenvalue weighted by Crippen LogP contribution is 2.31. The molecule has 0 amide bonds. The van der Waals surface area contributed by atoms with Crippen molar-refractivity contribution in [2.45, 2.75) is 36.9 Å². The Morgan fingerprint density at radius 1 is 1.18 bits per heavy atom. The summed E-state index contributed by atoms with van der Waals surface area (Å²) in [5.74, 6) is -1.43. The van der Waals surface area contributed by atoms with E-state index in [1.54, 1.807) is 56.3 Å². The molecule has 0 aromatic heterocycles. The van der Waals surface area contributed by atoms with Crippen LogP contribution in [0, 0.1) is 10.1 Å². The molecule has 3 rings (SSSR count). The van der Waals surface area contributed by atoms with Crippen molar-refractivity contribution in [2.24, 2.45) is 0 Å². The maximum atomic E-state index is 12.3. The van der Waals surface area contributed by atoms with E-state index in [9.17, 15) is 14.9 Å². The molecule has 1 fully saturated rings. The number of nitro groups is 1. The number of hydrogen-bond acceptors (Lipinski definition) is 8. The van der Waals surface area contributed by atoms with Crippen LogP contribution in [0.25, 0.3) is 0 Å². The number of esters is 1. The van der Waals surface area contributed by atoms with E-state index < -0.39 is 29.1 Å². The second kappa shape index (κ2) is 8.70. The van der Waals surface area contributed by atoms with Crippen LogP contribution < -0.4 is 4.72 Å². The van der Waals surface area contributed by atoms with E-state index in [1.165, 1.54) is 6.07 Å². The molecule has 0 saturated carbocycles. The molecule has 1 N–H and O–H groups in total. The highest BCUT2D eigenvalue weighted by molar-refractivity contribution is 7.97. The van der Waals surface area contributed by atoms with Crippen LogP contribution in [0.15, 0.2) is 59.5 Å². The Kier molecular flexibility index (Phi) is 6.30. The van der Waals surface area contributed by atoms with Crippen LogP contribution in [0.3, 0.4) is 0 Å². The molecule has 2 aromatic rings. The number of ether oxygens (including phenoxy) is 3. The summed E-state index contributed by atoms with van der Waals surface area (Å²) >= 11 is 1.11. The lowest BCUT2D eigenvalue weighted by Crippen LogP contribution is -2.35. The molecule has 0 radical (unpaired) electrons. The third kappa shape index (κ3) is 5.08. The molecule has 0 bridgehead atoms. The molecule has 1 aliphatic heterocycles. The first kappa shape index (κ1) is 20.3. The number of nitrogens with one attached hydrogen (secondary N) is 1. The van der Waals surface area contributed by atoms with Crippen molar-refractivity contribution in [2.75, 3.05) is 6.54 Å². The van der Waals surface area contributed by atoms with E-state index in [0.29, 0.717) is 10.5 Å². The number of nitro benzene ring substituents is 1. The molecular weight excluding hydrogens is 384 g/mol. The van der Waals surface area contributed by atoms with Crippen LogP contribution in [-0.4, -0.2) is 35.6 Å². The molecule has 0 spiro atoms. The average molecular weight is 404 g/mol. The minimum atomic E-state index is -0.919. The summed E-state index contributed by atoms with van der Waals surface area (Å²) < 4.78 is 20.0. The van der Waals surface area contributed by atoms with Gasteiger partial charge in [-0.2, -0.15) is 0 Å². The summed E-state index contributed by atoms with van der Waals surface area (Å²) in [7, 11) is 0. The van der Waals surface area contributed by atoms with E-state index in [4.69, 9.17) is 14.2 Å². The highest BCUT2D eigenvalue weighted by Gasteiger charge is 2.43. The zero-order chi connectivity index (χ0) is 20.1. The fourth-order valence-electron chi connectivity index (χ4n) is 2.68. The summed E-state index contributed by atoms with van der Waals surface area (Å²) in [4.78, 5) is 23.4. The van der Waals surface area contributed by atoms with Crippen molar-refractivity contribution in [1.82, 2.24) is 4.72 Å². The van der Waals surface area contributed by atoms with E-state index in [-0.39, 0.29) is 12.2 Å². The van der Waals surface area contributed by atoms with Gasteiger partial charge in [-0.15, -0.1) is 0 Å². The second-order valence-corrected chi connectivity index (χ2v) is 7.42. The zero-order valence-electron chi connectivity index (χ0n) is 15.4. The lowest BCUT2D eigenvalue weighted by molar-refractivity contribution is -0.387. The third-order valence-electron chi connectivity index (χ3n) is 3.90. The summed E-state index contributed by atoms with van der Waals surface area (Å²) in [6.07, 6.45) is -1.47. The minimum absolute atomic E-state index is 0.0102. The fourth-order valence-corrected chi connectivity index (χ4v) is 3.48. The number of benzene rings is 2. The van der Waals surface area contributed by atoms with Crippen molar-refractivity contribution in [3.05, 3.63) is 70.3 Å². The van der Waals surface area contributed by atoms with Crippen LogP contribution in [0.4, 0.5) is 5.69 Å². The lowest BCUT2D eigenvalue weighted by Gasteiger charge is -2.17. The second-order valence-electron chi connectivity index (χ2n) is 6.49. The number of nitrogens with zero attached hydrogens (tertiary/aromatic N) is 1. The summed E-state index contributed by atoms with van der Waals surface area (Å²) in [5, 5.41) is 11.1. The molecule has 28 heavy (non-hydrogen) atoms. The Morgan fingerprint density at radius 3 is 2.57 bits per heavy atom. The molecule has 2 aromatic carbocycles. The predicted octanol–water partition coefficient (Wildman–Crippen LogP) is 3.53. The number of carbonyl (C=O) groups is 1. The SMILES string of the molecule is CC1(C)OC(CNSc2ccccc2[N+](=O)[O-])[C@H](OC(=O)c2ccccc2)O1. The molecule has 1 heterocycles. The molecule has 1 unspecified atom stereocenters. The Bertz CT molecular complexity index is 845. The van der Waals surface area contributed by atoms with Crippen LogP contribution >= 0.6 is 11.9 Å². The van der Waals surface area contributed by atoms with E-state index in [1.807, 2.05) is 6.07 Å². The van der Waals surface area contributed by atoms with Crippen molar-refractivity contribution in [1.29, 1.82) is 0 Å².